The summed E-state index contributed by atoms with van der Waals surface area (Å²) in [5, 5.41) is 10.8. The normalized spacial score (nSPS) is 10.7. The van der Waals surface area contributed by atoms with Gasteiger partial charge in [0.15, 0.2) is 6.29 Å². The number of ether oxygens (including phenoxy) is 2. The van der Waals surface area contributed by atoms with E-state index in [1.165, 1.54) is 0 Å². The smallest absolute Gasteiger partial charge is 0.153 e. The van der Waals surface area contributed by atoms with Gasteiger partial charge in [0.05, 0.1) is 25.4 Å². The molecule has 0 saturated heterocycles. The zero-order valence-electron chi connectivity index (χ0n) is 10.8. The van der Waals surface area contributed by atoms with E-state index in [9.17, 15) is 4.79 Å². The van der Waals surface area contributed by atoms with Crippen LogP contribution in [0.2, 0.25) is 5.02 Å². The quantitative estimate of drug-likeness (QED) is 0.630. The Balaban J connectivity index is 2.26. The standard InChI is InChI=1S/C15H15ClO4/c16-14-9-11(10-18)15(20-8-7-19-6-5-17)13-4-2-1-3-12(13)14/h1-4,9-10,17H,5-8H2. The molecule has 1 N–H and O–H groups in total. The largest absolute Gasteiger partial charge is 0.490 e. The summed E-state index contributed by atoms with van der Waals surface area (Å²) in [6.07, 6.45) is 0.724. The zero-order chi connectivity index (χ0) is 14.4. The summed E-state index contributed by atoms with van der Waals surface area (Å²) >= 11 is 6.15. The van der Waals surface area contributed by atoms with Crippen molar-refractivity contribution in [1.82, 2.24) is 0 Å². The highest BCUT2D eigenvalue weighted by molar-refractivity contribution is 6.36. The van der Waals surface area contributed by atoms with E-state index in [1.54, 1.807) is 6.07 Å². The van der Waals surface area contributed by atoms with Crippen LogP contribution in [-0.2, 0) is 4.74 Å². The Bertz CT molecular complexity index is 598. The number of carbonyl (C=O) groups is 1. The van der Waals surface area contributed by atoms with E-state index in [0.717, 1.165) is 17.1 Å². The molecule has 20 heavy (non-hydrogen) atoms. The van der Waals surface area contributed by atoms with Gasteiger partial charge in [0.25, 0.3) is 0 Å². The Kier molecular flexibility index (Phi) is 5.35. The highest BCUT2D eigenvalue weighted by Crippen LogP contribution is 2.34. The molecule has 4 nitrogen and oxygen atoms in total. The molecule has 2 aromatic carbocycles. The van der Waals surface area contributed by atoms with Crippen molar-refractivity contribution < 1.29 is 19.4 Å². The van der Waals surface area contributed by atoms with Crippen LogP contribution in [0, 0.1) is 0 Å². The third-order valence-electron chi connectivity index (χ3n) is 2.81. The van der Waals surface area contributed by atoms with Crippen LogP contribution in [0.25, 0.3) is 10.8 Å². The summed E-state index contributed by atoms with van der Waals surface area (Å²) in [5.74, 6) is 0.507. The minimum Gasteiger partial charge on any atom is -0.490 e. The molecule has 5 heteroatoms. The maximum atomic E-state index is 11.2. The predicted octanol–water partition coefficient (Wildman–Crippen LogP) is 2.69. The molecule has 2 rings (SSSR count). The van der Waals surface area contributed by atoms with E-state index >= 15 is 0 Å². The highest BCUT2D eigenvalue weighted by Gasteiger charge is 2.11. The van der Waals surface area contributed by atoms with E-state index in [2.05, 4.69) is 0 Å². The summed E-state index contributed by atoms with van der Waals surface area (Å²) in [4.78, 5) is 11.2. The van der Waals surface area contributed by atoms with Crippen molar-refractivity contribution in [3.8, 4) is 5.75 Å². The van der Waals surface area contributed by atoms with Gasteiger partial charge >= 0.3 is 0 Å². The predicted molar refractivity (Wildman–Crippen MR) is 77.7 cm³/mol. The van der Waals surface area contributed by atoms with Crippen molar-refractivity contribution in [1.29, 1.82) is 0 Å². The van der Waals surface area contributed by atoms with Crippen LogP contribution in [0.4, 0.5) is 0 Å². The molecule has 0 aliphatic rings. The monoisotopic (exact) mass is 294 g/mol. The van der Waals surface area contributed by atoms with Gasteiger partial charge in [-0.05, 0) is 6.07 Å². The van der Waals surface area contributed by atoms with E-state index in [-0.39, 0.29) is 13.2 Å². The first-order valence-corrected chi connectivity index (χ1v) is 6.63. The maximum absolute atomic E-state index is 11.2. The van der Waals surface area contributed by atoms with E-state index in [4.69, 9.17) is 26.2 Å². The van der Waals surface area contributed by atoms with Crippen molar-refractivity contribution in [2.75, 3.05) is 26.4 Å². The second-order valence-corrected chi connectivity index (χ2v) is 4.53. The van der Waals surface area contributed by atoms with E-state index in [1.807, 2.05) is 24.3 Å². The van der Waals surface area contributed by atoms with Gasteiger partial charge in [-0.1, -0.05) is 35.9 Å². The van der Waals surface area contributed by atoms with Crippen molar-refractivity contribution in [2.45, 2.75) is 0 Å². The topological polar surface area (TPSA) is 55.8 Å². The molecule has 0 saturated carbocycles. The highest BCUT2D eigenvalue weighted by atomic mass is 35.5. The molecule has 0 aromatic heterocycles. The average molecular weight is 295 g/mol. The number of hydrogen-bond acceptors (Lipinski definition) is 4. The van der Waals surface area contributed by atoms with Crippen LogP contribution >= 0.6 is 11.6 Å². The molecule has 0 aliphatic carbocycles. The lowest BCUT2D eigenvalue weighted by atomic mass is 10.1. The van der Waals surface area contributed by atoms with Crippen LogP contribution in [-0.4, -0.2) is 37.8 Å². The lowest BCUT2D eigenvalue weighted by Crippen LogP contribution is -2.10. The van der Waals surface area contributed by atoms with Gasteiger partial charge in [0.1, 0.15) is 12.4 Å². The lowest BCUT2D eigenvalue weighted by Gasteiger charge is -2.13. The molecule has 0 radical (unpaired) electrons. The van der Waals surface area contributed by atoms with Gasteiger partial charge in [-0.15, -0.1) is 0 Å². The summed E-state index contributed by atoms with van der Waals surface area (Å²) in [7, 11) is 0. The third-order valence-corrected chi connectivity index (χ3v) is 3.12. The second-order valence-electron chi connectivity index (χ2n) is 4.12. The van der Waals surface area contributed by atoms with E-state index in [0.29, 0.717) is 29.5 Å². The van der Waals surface area contributed by atoms with Gasteiger partial charge in [-0.25, -0.2) is 0 Å². The summed E-state index contributed by atoms with van der Waals surface area (Å²) in [6, 6.07) is 9.08. The Hall–Kier alpha value is -1.62. The third kappa shape index (κ3) is 3.28. The fourth-order valence-corrected chi connectivity index (χ4v) is 2.22. The lowest BCUT2D eigenvalue weighted by molar-refractivity contribution is 0.0706. The zero-order valence-corrected chi connectivity index (χ0v) is 11.6. The Morgan fingerprint density at radius 3 is 2.60 bits per heavy atom. The molecule has 0 aliphatic heterocycles. The van der Waals surface area contributed by atoms with Gasteiger partial charge in [0.2, 0.25) is 0 Å². The summed E-state index contributed by atoms with van der Waals surface area (Å²) < 4.78 is 10.8. The number of fused-ring (bicyclic) bond motifs is 1. The Morgan fingerprint density at radius 2 is 1.90 bits per heavy atom. The fourth-order valence-electron chi connectivity index (χ4n) is 1.94. The molecule has 0 unspecified atom stereocenters. The van der Waals surface area contributed by atoms with E-state index < -0.39 is 0 Å². The van der Waals surface area contributed by atoms with Crippen LogP contribution < -0.4 is 4.74 Å². The van der Waals surface area contributed by atoms with Crippen LogP contribution in [0.5, 0.6) is 5.75 Å². The number of rotatable bonds is 7. The number of benzene rings is 2. The summed E-state index contributed by atoms with van der Waals surface area (Å²) in [6.45, 7) is 0.886. The Morgan fingerprint density at radius 1 is 1.15 bits per heavy atom. The molecule has 0 fully saturated rings. The average Bonchev–Trinajstić information content (AvgIpc) is 2.49. The van der Waals surface area contributed by atoms with Crippen molar-refractivity contribution in [3.63, 3.8) is 0 Å². The first-order chi connectivity index (χ1) is 9.77. The fraction of sp³-hybridized carbons (Fsp3) is 0.267. The number of halogens is 1. The molecule has 2 aromatic rings. The molecular formula is C15H15ClO4. The van der Waals surface area contributed by atoms with Crippen molar-refractivity contribution in [3.05, 3.63) is 40.9 Å². The van der Waals surface area contributed by atoms with Gasteiger partial charge < -0.3 is 14.6 Å². The van der Waals surface area contributed by atoms with Crippen molar-refractivity contribution >= 4 is 28.7 Å². The molecular weight excluding hydrogens is 280 g/mol. The molecule has 0 heterocycles. The number of aliphatic hydroxyl groups is 1. The van der Waals surface area contributed by atoms with Crippen molar-refractivity contribution in [2.24, 2.45) is 0 Å². The van der Waals surface area contributed by atoms with Gasteiger partial charge in [0, 0.05) is 15.8 Å². The number of aliphatic hydroxyl groups excluding tert-OH is 1. The second kappa shape index (κ2) is 7.24. The molecule has 0 atom stereocenters. The Labute approximate surface area is 121 Å². The van der Waals surface area contributed by atoms with Crippen LogP contribution in [0.3, 0.4) is 0 Å². The molecule has 0 bridgehead atoms. The van der Waals surface area contributed by atoms with Gasteiger partial charge in [-0.3, -0.25) is 4.79 Å². The molecule has 106 valence electrons. The first kappa shape index (κ1) is 14.8. The first-order valence-electron chi connectivity index (χ1n) is 6.25. The SMILES string of the molecule is O=Cc1cc(Cl)c2ccccc2c1OCCOCCO. The van der Waals surface area contributed by atoms with Crippen LogP contribution in [0.15, 0.2) is 30.3 Å². The molecule has 0 spiro atoms. The minimum absolute atomic E-state index is 0.0243. The number of aldehydes is 1. The number of carbonyl (C=O) groups excluding carboxylic acids is 1. The molecule has 0 amide bonds. The minimum atomic E-state index is -0.0243. The van der Waals surface area contributed by atoms with Gasteiger partial charge in [-0.2, -0.15) is 0 Å². The number of hydrogen-bond donors (Lipinski definition) is 1. The maximum Gasteiger partial charge on any atom is 0.153 e. The summed E-state index contributed by atoms with van der Waals surface area (Å²) in [5.41, 5.74) is 0.413. The van der Waals surface area contributed by atoms with Crippen LogP contribution in [0.1, 0.15) is 10.4 Å².